The number of hydrazine groups is 1. The molecule has 1 aliphatic heterocycles. The minimum Gasteiger partial charge on any atom is -0.494 e. The normalized spacial score (nSPS) is 19.4. The molecule has 44 heavy (non-hydrogen) atoms. The molecule has 3 aromatic carbocycles. The minimum absolute atomic E-state index is 0.00206. The van der Waals surface area contributed by atoms with Crippen LogP contribution in [-0.4, -0.2) is 55.9 Å². The van der Waals surface area contributed by atoms with Crippen LogP contribution in [0.3, 0.4) is 0 Å². The van der Waals surface area contributed by atoms with Gasteiger partial charge in [-0.3, -0.25) is 10.2 Å². The van der Waals surface area contributed by atoms with Crippen molar-refractivity contribution in [3.63, 3.8) is 0 Å². The molecule has 12 nitrogen and oxygen atoms in total. The van der Waals surface area contributed by atoms with Gasteiger partial charge in [0.15, 0.2) is 21.5 Å². The molecule has 0 spiro atoms. The van der Waals surface area contributed by atoms with Gasteiger partial charge in [0.1, 0.15) is 5.75 Å². The van der Waals surface area contributed by atoms with Crippen molar-refractivity contribution in [2.75, 3.05) is 19.0 Å². The third-order valence-corrected chi connectivity index (χ3v) is 9.23. The first-order chi connectivity index (χ1) is 21.4. The molecule has 1 heterocycles. The standard InChI is InChI=1S/C31H34N6O6S/c32-37-33-21-23-7-4-5-10-27(23)28-31(30(39)36-35-24-13-14-24,17-20-44(40,41)26-8-2-1-3-9-26)34-29(43-28)22-11-15-25(16-12-22)42-19-6-18-38/h1-5,7-12,15-16,24,28,35,38H,6,13-14,17-21H2,(H,36,39)/t28-,31-/m0/s1. The molecular formula is C31H34N6O6S. The summed E-state index contributed by atoms with van der Waals surface area (Å²) < 4.78 is 39.0. The highest BCUT2D eigenvalue weighted by Gasteiger charge is 2.54. The molecule has 13 heteroatoms. The lowest BCUT2D eigenvalue weighted by Gasteiger charge is -2.31. The van der Waals surface area contributed by atoms with E-state index >= 15 is 0 Å². The fraction of sp³-hybridized carbons (Fsp3) is 0.355. The first-order valence-corrected chi connectivity index (χ1v) is 16.0. The maximum Gasteiger partial charge on any atom is 0.266 e. The molecule has 1 aliphatic carbocycles. The van der Waals surface area contributed by atoms with Crippen LogP contribution in [0, 0.1) is 0 Å². The summed E-state index contributed by atoms with van der Waals surface area (Å²) in [6.45, 7) is 0.373. The van der Waals surface area contributed by atoms with Gasteiger partial charge >= 0.3 is 0 Å². The van der Waals surface area contributed by atoms with Crippen LogP contribution in [0.15, 0.2) is 93.9 Å². The number of sulfone groups is 1. The van der Waals surface area contributed by atoms with Gasteiger partial charge < -0.3 is 14.6 Å². The van der Waals surface area contributed by atoms with Gasteiger partial charge in [-0.2, -0.15) is 0 Å². The number of azide groups is 1. The Morgan fingerprint density at radius 2 is 1.82 bits per heavy atom. The van der Waals surface area contributed by atoms with Crippen molar-refractivity contribution in [1.82, 2.24) is 10.9 Å². The van der Waals surface area contributed by atoms with E-state index in [1.165, 1.54) is 12.1 Å². The molecule has 0 bridgehead atoms. The Labute approximate surface area is 255 Å². The first-order valence-electron chi connectivity index (χ1n) is 14.4. The number of carbonyl (C=O) groups excluding carboxylic acids is 1. The number of aliphatic hydroxyl groups excluding tert-OH is 1. The number of benzene rings is 3. The Bertz CT molecular complexity index is 1640. The zero-order chi connectivity index (χ0) is 31.0. The van der Waals surface area contributed by atoms with Crippen molar-refractivity contribution in [3.05, 3.63) is 106 Å². The number of amides is 1. The summed E-state index contributed by atoms with van der Waals surface area (Å²) in [5, 5.41) is 12.8. The molecule has 3 N–H and O–H groups in total. The van der Waals surface area contributed by atoms with E-state index in [4.69, 9.17) is 25.1 Å². The number of nitrogens with one attached hydrogen (secondary N) is 2. The van der Waals surface area contributed by atoms with Crippen LogP contribution >= 0.6 is 0 Å². The number of aliphatic imine (C=N–C) groups is 1. The number of ether oxygens (including phenoxy) is 2. The predicted octanol–water partition coefficient (Wildman–Crippen LogP) is 4.16. The van der Waals surface area contributed by atoms with E-state index in [1.54, 1.807) is 66.7 Å². The highest BCUT2D eigenvalue weighted by Crippen LogP contribution is 2.44. The van der Waals surface area contributed by atoms with Crippen LogP contribution in [0.1, 0.15) is 48.5 Å². The summed E-state index contributed by atoms with van der Waals surface area (Å²) in [5.74, 6) is -0.159. The Balaban J connectivity index is 1.57. The topological polar surface area (TPSA) is 175 Å². The first kappa shape index (κ1) is 31.0. The zero-order valence-electron chi connectivity index (χ0n) is 24.0. The van der Waals surface area contributed by atoms with Gasteiger partial charge in [-0.15, -0.1) is 0 Å². The van der Waals surface area contributed by atoms with Gasteiger partial charge in [-0.05, 0) is 65.9 Å². The molecule has 1 fully saturated rings. The van der Waals surface area contributed by atoms with Gasteiger partial charge in [0, 0.05) is 36.0 Å². The highest BCUT2D eigenvalue weighted by molar-refractivity contribution is 7.91. The van der Waals surface area contributed by atoms with Crippen LogP contribution in [0.5, 0.6) is 5.75 Å². The van der Waals surface area contributed by atoms with E-state index in [1.807, 2.05) is 0 Å². The zero-order valence-corrected chi connectivity index (χ0v) is 24.8. The molecular weight excluding hydrogens is 584 g/mol. The summed E-state index contributed by atoms with van der Waals surface area (Å²) >= 11 is 0. The van der Waals surface area contributed by atoms with Crippen molar-refractivity contribution in [2.24, 2.45) is 10.1 Å². The van der Waals surface area contributed by atoms with Gasteiger partial charge in [-0.1, -0.05) is 47.6 Å². The number of rotatable bonds is 15. The molecule has 2 atom stereocenters. The Hall–Kier alpha value is -4.42. The van der Waals surface area contributed by atoms with Crippen LogP contribution < -0.4 is 15.6 Å². The largest absolute Gasteiger partial charge is 0.494 e. The number of carbonyl (C=O) groups is 1. The maximum absolute atomic E-state index is 14.2. The lowest BCUT2D eigenvalue weighted by atomic mass is 9.83. The summed E-state index contributed by atoms with van der Waals surface area (Å²) in [4.78, 5) is 22.1. The maximum atomic E-state index is 14.2. The Morgan fingerprint density at radius 1 is 1.09 bits per heavy atom. The van der Waals surface area contributed by atoms with Gasteiger partial charge in [0.05, 0.1) is 23.8 Å². The molecule has 2 aliphatic rings. The predicted molar refractivity (Wildman–Crippen MR) is 163 cm³/mol. The smallest absolute Gasteiger partial charge is 0.266 e. The molecule has 3 aromatic rings. The monoisotopic (exact) mass is 618 g/mol. The van der Waals surface area contributed by atoms with Crippen LogP contribution in [0.4, 0.5) is 0 Å². The van der Waals surface area contributed by atoms with E-state index in [9.17, 15) is 13.2 Å². The second kappa shape index (κ2) is 13.9. The van der Waals surface area contributed by atoms with E-state index in [0.29, 0.717) is 35.5 Å². The third-order valence-electron chi connectivity index (χ3n) is 7.49. The van der Waals surface area contributed by atoms with Crippen molar-refractivity contribution >= 4 is 21.6 Å². The molecule has 0 radical (unpaired) electrons. The highest BCUT2D eigenvalue weighted by atomic mass is 32.2. The van der Waals surface area contributed by atoms with Crippen LogP contribution in [-0.2, 0) is 25.9 Å². The summed E-state index contributed by atoms with van der Waals surface area (Å²) in [6, 6.07) is 22.3. The lowest BCUT2D eigenvalue weighted by molar-refractivity contribution is -0.130. The summed E-state index contributed by atoms with van der Waals surface area (Å²) in [5.41, 5.74) is 14.9. The lowest BCUT2D eigenvalue weighted by Crippen LogP contribution is -2.54. The van der Waals surface area contributed by atoms with Crippen LogP contribution in [0.2, 0.25) is 0 Å². The van der Waals surface area contributed by atoms with Crippen LogP contribution in [0.25, 0.3) is 10.4 Å². The van der Waals surface area contributed by atoms with Gasteiger partial charge in [0.2, 0.25) is 5.90 Å². The Kier molecular flexibility index (Phi) is 9.81. The number of hydrogen-bond acceptors (Lipinski definition) is 9. The molecule has 0 aromatic heterocycles. The number of nitrogens with zero attached hydrogens (tertiary/aromatic N) is 4. The van der Waals surface area contributed by atoms with Gasteiger partial charge in [-0.25, -0.2) is 18.8 Å². The average Bonchev–Trinajstić information content (AvgIpc) is 3.81. The Morgan fingerprint density at radius 3 is 2.52 bits per heavy atom. The molecule has 0 saturated heterocycles. The second-order valence-corrected chi connectivity index (χ2v) is 12.7. The molecule has 230 valence electrons. The van der Waals surface area contributed by atoms with Gasteiger partial charge in [0.25, 0.3) is 5.91 Å². The van der Waals surface area contributed by atoms with E-state index in [-0.39, 0.29) is 42.2 Å². The summed E-state index contributed by atoms with van der Waals surface area (Å²) in [7, 11) is -3.79. The second-order valence-electron chi connectivity index (χ2n) is 10.6. The fourth-order valence-electron chi connectivity index (χ4n) is 4.93. The molecule has 5 rings (SSSR count). The average molecular weight is 619 g/mol. The van der Waals surface area contributed by atoms with E-state index in [2.05, 4.69) is 20.9 Å². The van der Waals surface area contributed by atoms with E-state index in [0.717, 1.165) is 12.8 Å². The molecule has 1 saturated carbocycles. The SMILES string of the molecule is [N-]=[N+]=NCc1ccccc1[C@@H]1OC(c2ccc(OCCCO)cc2)=N[C@]1(CCS(=O)(=O)c1ccccc1)C(=O)NNC1CC1. The van der Waals surface area contributed by atoms with Crippen molar-refractivity contribution < 1.29 is 27.8 Å². The summed E-state index contributed by atoms with van der Waals surface area (Å²) in [6.07, 6.45) is 1.09. The van der Waals surface area contributed by atoms with E-state index < -0.39 is 27.4 Å². The molecule has 1 amide bonds. The molecule has 0 unspecified atom stereocenters. The number of aliphatic hydroxyl groups is 1. The van der Waals surface area contributed by atoms with Crippen molar-refractivity contribution in [3.8, 4) is 5.75 Å². The van der Waals surface area contributed by atoms with Crippen molar-refractivity contribution in [1.29, 1.82) is 0 Å². The fourth-order valence-corrected chi connectivity index (χ4v) is 6.32. The number of hydrogen-bond donors (Lipinski definition) is 3. The minimum atomic E-state index is -3.79. The third kappa shape index (κ3) is 7.20. The van der Waals surface area contributed by atoms with Crippen molar-refractivity contribution in [2.45, 2.75) is 54.8 Å². The quantitative estimate of drug-likeness (QED) is 0.0753.